The lowest BCUT2D eigenvalue weighted by Gasteiger charge is -2.25. The van der Waals surface area contributed by atoms with E-state index in [2.05, 4.69) is 0 Å². The molecule has 0 bridgehead atoms. The van der Waals surface area contributed by atoms with Crippen molar-refractivity contribution in [3.63, 3.8) is 0 Å². The van der Waals surface area contributed by atoms with E-state index in [1.807, 2.05) is 0 Å². The van der Waals surface area contributed by atoms with Gasteiger partial charge >= 0.3 is 5.97 Å². The van der Waals surface area contributed by atoms with E-state index in [1.54, 1.807) is 0 Å². The van der Waals surface area contributed by atoms with Gasteiger partial charge in [0.1, 0.15) is 31.0 Å². The van der Waals surface area contributed by atoms with Gasteiger partial charge in [-0.15, -0.1) is 0 Å². The summed E-state index contributed by atoms with van der Waals surface area (Å²) < 4.78 is 11.8. The Morgan fingerprint density at radius 1 is 1.00 bits per heavy atom. The smallest absolute Gasteiger partial charge is 0.305 e. The molecule has 0 rings (SSSR count). The van der Waals surface area contributed by atoms with Gasteiger partial charge in [-0.25, -0.2) is 0 Å². The Morgan fingerprint density at radius 3 is 2.23 bits per heavy atom. The molecule has 22 heavy (non-hydrogen) atoms. The first kappa shape index (κ1) is 19.3. The zero-order valence-electron chi connectivity index (χ0n) is 13.9. The van der Waals surface area contributed by atoms with Crippen LogP contribution in [0, 0.1) is 0 Å². The molecule has 0 spiro atoms. The first-order chi connectivity index (χ1) is 10.9. The van der Waals surface area contributed by atoms with Crippen molar-refractivity contribution >= 4 is 5.97 Å². The highest BCUT2D eigenvalue weighted by Crippen LogP contribution is 2.09. The number of hydrogen-bond donors (Lipinski definition) is 5. The van der Waals surface area contributed by atoms with Crippen LogP contribution < -0.4 is 0 Å². The number of hydrogen-bond acceptors (Lipinski definition) is 7. The summed E-state index contributed by atoms with van der Waals surface area (Å²) in [5.41, 5.74) is 0. The van der Waals surface area contributed by atoms with Gasteiger partial charge in [-0.1, -0.05) is 39.0 Å². The Bertz CT molecular complexity index is 304. The summed E-state index contributed by atoms with van der Waals surface area (Å²) in [5.74, 6) is -0.500. The Morgan fingerprint density at radius 2 is 1.59 bits per heavy atom. The zero-order chi connectivity index (χ0) is 17.7. The summed E-state index contributed by atoms with van der Waals surface area (Å²) in [5, 5.41) is 46.3. The van der Waals surface area contributed by atoms with Gasteiger partial charge in [-0.2, -0.15) is 0 Å². The van der Waals surface area contributed by atoms with Crippen molar-refractivity contribution in [3.8, 4) is 0 Å². The molecule has 7 heteroatoms. The standard InChI is InChI=1S/C15H30O7/c1-2-3-4-5-6-7-8-13(19)22-10-12(18)15(21)14(20)11(17)9-16/h11-12,14-18,20-21H,2-10H2,1H3/t11-,12+,14+,15+/m0/s1/i1D. The van der Waals surface area contributed by atoms with Crippen LogP contribution in [-0.2, 0) is 9.53 Å². The molecule has 0 saturated carbocycles. The van der Waals surface area contributed by atoms with Crippen molar-refractivity contribution in [1.29, 1.82) is 0 Å². The van der Waals surface area contributed by atoms with Gasteiger partial charge in [-0.05, 0) is 6.42 Å². The quantitative estimate of drug-likeness (QED) is 0.233. The summed E-state index contributed by atoms with van der Waals surface area (Å²) in [6.07, 6.45) is -0.819. The van der Waals surface area contributed by atoms with Crippen molar-refractivity contribution in [3.05, 3.63) is 0 Å². The number of carbonyl (C=O) groups is 1. The average Bonchev–Trinajstić information content (AvgIpc) is 2.56. The number of unbranched alkanes of at least 4 members (excludes halogenated alkanes) is 5. The molecule has 5 N–H and O–H groups in total. The number of rotatable bonds is 13. The molecule has 0 aromatic rings. The van der Waals surface area contributed by atoms with Gasteiger partial charge in [0.15, 0.2) is 0 Å². The summed E-state index contributed by atoms with van der Waals surface area (Å²) >= 11 is 0. The average molecular weight is 323 g/mol. The minimum Gasteiger partial charge on any atom is -0.463 e. The van der Waals surface area contributed by atoms with E-state index in [-0.39, 0.29) is 6.42 Å². The van der Waals surface area contributed by atoms with Gasteiger partial charge in [-0.3, -0.25) is 4.79 Å². The zero-order valence-corrected chi connectivity index (χ0v) is 12.9. The van der Waals surface area contributed by atoms with Crippen molar-refractivity contribution in [2.45, 2.75) is 76.3 Å². The fourth-order valence-corrected chi connectivity index (χ4v) is 1.89. The van der Waals surface area contributed by atoms with Crippen molar-refractivity contribution in [1.82, 2.24) is 0 Å². The van der Waals surface area contributed by atoms with Crippen molar-refractivity contribution < 1.29 is 36.4 Å². The van der Waals surface area contributed by atoms with E-state index in [4.69, 9.17) is 16.3 Å². The monoisotopic (exact) mass is 323 g/mol. The molecule has 132 valence electrons. The number of aliphatic hydroxyl groups is 5. The molecule has 0 aliphatic heterocycles. The van der Waals surface area contributed by atoms with E-state index < -0.39 is 43.6 Å². The van der Waals surface area contributed by atoms with E-state index in [1.165, 1.54) is 0 Å². The largest absolute Gasteiger partial charge is 0.463 e. The first-order valence-corrected chi connectivity index (χ1v) is 7.72. The molecular weight excluding hydrogens is 292 g/mol. The summed E-state index contributed by atoms with van der Waals surface area (Å²) in [7, 11) is 0. The second kappa shape index (κ2) is 12.8. The van der Waals surface area contributed by atoms with Crippen LogP contribution in [0.5, 0.6) is 0 Å². The van der Waals surface area contributed by atoms with Gasteiger partial charge in [0.05, 0.1) is 6.61 Å². The van der Waals surface area contributed by atoms with Crippen LogP contribution in [0.1, 0.15) is 53.2 Å². The molecule has 0 aromatic heterocycles. The Hall–Kier alpha value is -0.730. The minimum atomic E-state index is -1.72. The Kier molecular flexibility index (Phi) is 11.2. The SMILES string of the molecule is [2H]CCCCCCCCC(=O)OC[C@@H](O)[C@@H](O)[C@H](O)[C@@H](O)CO. The first-order valence-electron chi connectivity index (χ1n) is 8.42. The third-order valence-corrected chi connectivity index (χ3v) is 3.37. The number of esters is 1. The van der Waals surface area contributed by atoms with Crippen molar-refractivity contribution in [2.75, 3.05) is 13.2 Å². The lowest BCUT2D eigenvalue weighted by Crippen LogP contribution is -2.47. The molecule has 7 nitrogen and oxygen atoms in total. The highest BCUT2D eigenvalue weighted by molar-refractivity contribution is 5.69. The minimum absolute atomic E-state index is 0.211. The van der Waals surface area contributed by atoms with E-state index in [0.29, 0.717) is 13.3 Å². The second-order valence-corrected chi connectivity index (χ2v) is 5.35. The predicted octanol–water partition coefficient (Wildman–Crippen LogP) is -0.284. The predicted molar refractivity (Wildman–Crippen MR) is 80.1 cm³/mol. The van der Waals surface area contributed by atoms with Crippen LogP contribution in [0.15, 0.2) is 0 Å². The molecule has 0 amide bonds. The maximum absolute atomic E-state index is 11.5. The van der Waals surface area contributed by atoms with E-state index in [9.17, 15) is 20.1 Å². The van der Waals surface area contributed by atoms with Crippen LogP contribution in [0.4, 0.5) is 0 Å². The van der Waals surface area contributed by atoms with Crippen LogP contribution in [0.3, 0.4) is 0 Å². The lowest BCUT2D eigenvalue weighted by molar-refractivity contribution is -0.156. The molecule has 0 aliphatic rings. The number of carbonyl (C=O) groups excluding carboxylic acids is 1. The second-order valence-electron chi connectivity index (χ2n) is 5.35. The third-order valence-electron chi connectivity index (χ3n) is 3.37. The van der Waals surface area contributed by atoms with E-state index in [0.717, 1.165) is 32.1 Å². The molecule has 0 aliphatic carbocycles. The van der Waals surface area contributed by atoms with Crippen LogP contribution in [0.25, 0.3) is 0 Å². The molecule has 0 radical (unpaired) electrons. The molecule has 0 aromatic carbocycles. The summed E-state index contributed by atoms with van der Waals surface area (Å²) in [4.78, 5) is 11.5. The highest BCUT2D eigenvalue weighted by atomic mass is 16.5. The number of aliphatic hydroxyl groups excluding tert-OH is 5. The topological polar surface area (TPSA) is 127 Å². The normalized spacial score (nSPS) is 17.4. The van der Waals surface area contributed by atoms with E-state index >= 15 is 0 Å². The van der Waals surface area contributed by atoms with Gasteiger partial charge in [0, 0.05) is 7.79 Å². The molecule has 0 heterocycles. The number of ether oxygens (including phenoxy) is 1. The van der Waals surface area contributed by atoms with Gasteiger partial charge < -0.3 is 30.3 Å². The van der Waals surface area contributed by atoms with Crippen molar-refractivity contribution in [2.24, 2.45) is 0 Å². The Labute approximate surface area is 132 Å². The molecule has 0 saturated heterocycles. The van der Waals surface area contributed by atoms with Crippen LogP contribution in [0.2, 0.25) is 0 Å². The maximum Gasteiger partial charge on any atom is 0.305 e. The summed E-state index contributed by atoms with van der Waals surface area (Å²) in [6.45, 7) is -0.796. The van der Waals surface area contributed by atoms with Gasteiger partial charge in [0.25, 0.3) is 0 Å². The molecule has 4 atom stereocenters. The molecular formula is C15H30O7. The fourth-order valence-electron chi connectivity index (χ4n) is 1.89. The highest BCUT2D eigenvalue weighted by Gasteiger charge is 2.30. The molecule has 0 unspecified atom stereocenters. The van der Waals surface area contributed by atoms with Gasteiger partial charge in [0.2, 0.25) is 0 Å². The van der Waals surface area contributed by atoms with Crippen LogP contribution >= 0.6 is 0 Å². The summed E-state index contributed by atoms with van der Waals surface area (Å²) in [6, 6.07) is 0. The maximum atomic E-state index is 11.5. The van der Waals surface area contributed by atoms with Crippen LogP contribution in [-0.4, -0.2) is 69.1 Å². The Balaban J connectivity index is 3.75. The fraction of sp³-hybridized carbons (Fsp3) is 0.933. The molecule has 0 fully saturated rings. The third kappa shape index (κ3) is 9.32. The lowest BCUT2D eigenvalue weighted by atomic mass is 10.0.